The summed E-state index contributed by atoms with van der Waals surface area (Å²) in [6.45, 7) is 9.96. The number of urea groups is 1. The maximum Gasteiger partial charge on any atom is 0.416 e. The number of halogens is 3. The van der Waals surface area contributed by atoms with Gasteiger partial charge in [0.1, 0.15) is 0 Å². The summed E-state index contributed by atoms with van der Waals surface area (Å²) in [5.41, 5.74) is 3.77. The maximum atomic E-state index is 13.7. The molecular weight excluding hydrogens is 543 g/mol. The van der Waals surface area contributed by atoms with Gasteiger partial charge in [-0.25, -0.2) is 9.78 Å². The molecule has 0 atom stereocenters. The number of anilines is 2. The number of amides is 2. The predicted octanol–water partition coefficient (Wildman–Crippen LogP) is 6.34. The third kappa shape index (κ3) is 6.74. The monoisotopic (exact) mass is 579 g/mol. The summed E-state index contributed by atoms with van der Waals surface area (Å²) in [4.78, 5) is 21.9. The Bertz CT molecular complexity index is 1580. The fraction of sp³-hybridized carbons (Fsp3) is 0.387. The van der Waals surface area contributed by atoms with Gasteiger partial charge in [-0.3, -0.25) is 9.58 Å². The first-order valence-electron chi connectivity index (χ1n) is 13.9. The number of hydrogen-bond donors (Lipinski definition) is 2. The summed E-state index contributed by atoms with van der Waals surface area (Å²) < 4.78 is 42.8. The molecule has 0 bridgehead atoms. The molecule has 11 heteroatoms. The van der Waals surface area contributed by atoms with E-state index in [1.54, 1.807) is 29.1 Å². The van der Waals surface area contributed by atoms with Crippen molar-refractivity contribution in [2.24, 2.45) is 7.05 Å². The van der Waals surface area contributed by atoms with Gasteiger partial charge in [-0.2, -0.15) is 18.3 Å². The molecule has 8 nitrogen and oxygen atoms in total. The number of aryl methyl sites for hydroxylation is 1. The summed E-state index contributed by atoms with van der Waals surface area (Å²) in [6, 6.07) is 12.5. The van der Waals surface area contributed by atoms with Gasteiger partial charge in [-0.1, -0.05) is 32.9 Å². The Kier molecular flexibility index (Phi) is 8.00. The number of piperazine rings is 1. The van der Waals surface area contributed by atoms with Crippen molar-refractivity contribution in [3.63, 3.8) is 0 Å². The molecule has 0 spiro atoms. The number of nitrogens with one attached hydrogen (secondary N) is 2. The molecule has 1 fully saturated rings. The van der Waals surface area contributed by atoms with Gasteiger partial charge in [0, 0.05) is 67.6 Å². The first-order valence-corrected chi connectivity index (χ1v) is 13.9. The van der Waals surface area contributed by atoms with E-state index in [1.165, 1.54) is 0 Å². The van der Waals surface area contributed by atoms with Crippen LogP contribution < -0.4 is 10.6 Å². The lowest BCUT2D eigenvalue weighted by Crippen LogP contribution is -2.43. The molecular formula is C31H36F3N7O. The molecule has 2 aromatic heterocycles. The number of carbonyl (C=O) groups is 1. The normalized spacial score (nSPS) is 15.2. The van der Waals surface area contributed by atoms with E-state index < -0.39 is 17.8 Å². The van der Waals surface area contributed by atoms with Gasteiger partial charge in [0.15, 0.2) is 5.65 Å². The zero-order chi connectivity index (χ0) is 30.2. The standard InChI is InChI=1S/C31H36F3N7O/c1-30(2,3)27-17-25(26-18-35-40(5)28(26)38-27)21-6-8-23(9-7-21)36-29(42)37-24-15-20(14-22(16-24)31(32,33)34)19-41-12-10-39(4)11-13-41/h6-9,14-18H,10-13,19H2,1-5H3,(H2,36,37,42). The Balaban J connectivity index is 1.33. The molecule has 0 saturated carbocycles. The van der Waals surface area contributed by atoms with Crippen molar-refractivity contribution < 1.29 is 18.0 Å². The molecule has 0 aliphatic carbocycles. The number of pyridine rings is 1. The average molecular weight is 580 g/mol. The minimum Gasteiger partial charge on any atom is -0.308 e. The van der Waals surface area contributed by atoms with Gasteiger partial charge in [0.25, 0.3) is 0 Å². The van der Waals surface area contributed by atoms with Crippen molar-refractivity contribution in [3.05, 3.63) is 71.5 Å². The van der Waals surface area contributed by atoms with Crippen LogP contribution in [0.5, 0.6) is 0 Å². The number of hydrogen-bond acceptors (Lipinski definition) is 5. The minimum absolute atomic E-state index is 0.0912. The van der Waals surface area contributed by atoms with Gasteiger partial charge in [0.05, 0.1) is 11.8 Å². The number of alkyl halides is 3. The van der Waals surface area contributed by atoms with Gasteiger partial charge in [-0.15, -0.1) is 0 Å². The quantitative estimate of drug-likeness (QED) is 0.288. The summed E-state index contributed by atoms with van der Waals surface area (Å²) >= 11 is 0. The highest BCUT2D eigenvalue weighted by atomic mass is 19.4. The number of rotatable bonds is 5. The predicted molar refractivity (Wildman–Crippen MR) is 160 cm³/mol. The highest BCUT2D eigenvalue weighted by Gasteiger charge is 2.31. The molecule has 1 aliphatic heterocycles. The number of fused-ring (bicyclic) bond motifs is 1. The van der Waals surface area contributed by atoms with E-state index in [9.17, 15) is 18.0 Å². The van der Waals surface area contributed by atoms with Crippen LogP contribution in [0.2, 0.25) is 0 Å². The Labute approximate surface area is 243 Å². The van der Waals surface area contributed by atoms with Crippen LogP contribution in [0.4, 0.5) is 29.3 Å². The number of likely N-dealkylation sites (N-methyl/N-ethyl adjacent to an activating group) is 1. The maximum absolute atomic E-state index is 13.7. The van der Waals surface area contributed by atoms with Crippen LogP contribution in [0.1, 0.15) is 37.6 Å². The molecule has 4 aromatic rings. The molecule has 222 valence electrons. The lowest BCUT2D eigenvalue weighted by Gasteiger charge is -2.32. The van der Waals surface area contributed by atoms with Crippen LogP contribution in [0, 0.1) is 0 Å². The van der Waals surface area contributed by atoms with E-state index in [4.69, 9.17) is 4.98 Å². The first-order chi connectivity index (χ1) is 19.8. The fourth-order valence-electron chi connectivity index (χ4n) is 5.05. The van der Waals surface area contributed by atoms with E-state index in [2.05, 4.69) is 52.4 Å². The third-order valence-corrected chi connectivity index (χ3v) is 7.51. The van der Waals surface area contributed by atoms with Crippen LogP contribution >= 0.6 is 0 Å². The Morgan fingerprint density at radius 1 is 0.905 bits per heavy atom. The second kappa shape index (κ2) is 11.4. The van der Waals surface area contributed by atoms with E-state index >= 15 is 0 Å². The summed E-state index contributed by atoms with van der Waals surface area (Å²) in [5, 5.41) is 10.6. The zero-order valence-electron chi connectivity index (χ0n) is 24.5. The van der Waals surface area contributed by atoms with Crippen LogP contribution in [0.25, 0.3) is 22.2 Å². The molecule has 0 unspecified atom stereocenters. The molecule has 3 heterocycles. The molecule has 1 saturated heterocycles. The van der Waals surface area contributed by atoms with Gasteiger partial charge >= 0.3 is 12.2 Å². The van der Waals surface area contributed by atoms with Crippen molar-refractivity contribution in [1.82, 2.24) is 24.6 Å². The Morgan fingerprint density at radius 3 is 2.21 bits per heavy atom. The first kappa shape index (κ1) is 29.5. The molecule has 0 radical (unpaired) electrons. The zero-order valence-corrected chi connectivity index (χ0v) is 24.5. The largest absolute Gasteiger partial charge is 0.416 e. The van der Waals surface area contributed by atoms with E-state index in [1.807, 2.05) is 26.2 Å². The van der Waals surface area contributed by atoms with Crippen LogP contribution in [0.15, 0.2) is 54.7 Å². The van der Waals surface area contributed by atoms with Crippen LogP contribution in [-0.4, -0.2) is 63.8 Å². The van der Waals surface area contributed by atoms with E-state index in [-0.39, 0.29) is 11.1 Å². The third-order valence-electron chi connectivity index (χ3n) is 7.51. The van der Waals surface area contributed by atoms with Crippen molar-refractivity contribution in [2.75, 3.05) is 43.9 Å². The number of nitrogens with zero attached hydrogens (tertiary/aromatic N) is 5. The molecule has 5 rings (SSSR count). The fourth-order valence-corrected chi connectivity index (χ4v) is 5.05. The molecule has 2 amide bonds. The highest BCUT2D eigenvalue weighted by molar-refractivity contribution is 6.00. The summed E-state index contributed by atoms with van der Waals surface area (Å²) in [7, 11) is 3.88. The second-order valence-corrected chi connectivity index (χ2v) is 12.0. The molecule has 2 N–H and O–H groups in total. The number of carbonyl (C=O) groups excluding carboxylic acids is 1. The smallest absolute Gasteiger partial charge is 0.308 e. The van der Waals surface area contributed by atoms with Crippen molar-refractivity contribution in [2.45, 2.75) is 38.9 Å². The number of aromatic nitrogens is 3. The van der Waals surface area contributed by atoms with Crippen molar-refractivity contribution in [3.8, 4) is 11.1 Å². The van der Waals surface area contributed by atoms with Crippen LogP contribution in [-0.2, 0) is 25.2 Å². The van der Waals surface area contributed by atoms with E-state index in [0.29, 0.717) is 17.8 Å². The molecule has 2 aromatic carbocycles. The van der Waals surface area contributed by atoms with E-state index in [0.717, 1.165) is 66.2 Å². The SMILES string of the molecule is CN1CCN(Cc2cc(NC(=O)Nc3ccc(-c4cc(C(C)(C)C)nc5c4cnn5C)cc3)cc(C(F)(F)F)c2)CC1. The lowest BCUT2D eigenvalue weighted by molar-refractivity contribution is -0.137. The highest BCUT2D eigenvalue weighted by Crippen LogP contribution is 2.34. The minimum atomic E-state index is -4.53. The Morgan fingerprint density at radius 2 is 1.57 bits per heavy atom. The summed E-state index contributed by atoms with van der Waals surface area (Å²) in [5.74, 6) is 0. The van der Waals surface area contributed by atoms with Crippen molar-refractivity contribution >= 4 is 28.4 Å². The lowest BCUT2D eigenvalue weighted by atomic mass is 9.89. The Hall–Kier alpha value is -3.96. The summed E-state index contributed by atoms with van der Waals surface area (Å²) in [6.07, 6.45) is -2.74. The van der Waals surface area contributed by atoms with Crippen molar-refractivity contribution in [1.29, 1.82) is 0 Å². The molecule has 1 aliphatic rings. The second-order valence-electron chi connectivity index (χ2n) is 12.0. The van der Waals surface area contributed by atoms with Crippen LogP contribution in [0.3, 0.4) is 0 Å². The topological polar surface area (TPSA) is 78.3 Å². The average Bonchev–Trinajstić information content (AvgIpc) is 3.29. The van der Waals surface area contributed by atoms with Gasteiger partial charge in [-0.05, 0) is 60.1 Å². The van der Waals surface area contributed by atoms with Gasteiger partial charge < -0.3 is 15.5 Å². The molecule has 42 heavy (non-hydrogen) atoms. The number of benzene rings is 2. The van der Waals surface area contributed by atoms with Gasteiger partial charge in [0.2, 0.25) is 0 Å².